The minimum Gasteiger partial charge on any atom is -0.382 e. The van der Waals surface area contributed by atoms with E-state index in [1.165, 1.54) is 0 Å². The fourth-order valence-corrected chi connectivity index (χ4v) is 1.32. The fourth-order valence-electron chi connectivity index (χ4n) is 1.32. The molecule has 0 radical (unpaired) electrons. The minimum atomic E-state index is -0.300. The standard InChI is InChI=1S/C8H5NO2.C4H10O/c10-7-5-3-1-2-4-6(5)8(11)9-7;1-3-5-4-2/h1-4H,(H,9,10,11);3-4H2,1-2H3. The van der Waals surface area contributed by atoms with Crippen molar-refractivity contribution in [3.05, 3.63) is 35.4 Å². The Hall–Kier alpha value is -1.68. The van der Waals surface area contributed by atoms with Gasteiger partial charge in [0.2, 0.25) is 0 Å². The largest absolute Gasteiger partial charge is 0.382 e. The van der Waals surface area contributed by atoms with Crippen molar-refractivity contribution in [1.82, 2.24) is 5.32 Å². The molecule has 1 aromatic rings. The van der Waals surface area contributed by atoms with E-state index in [-0.39, 0.29) is 11.8 Å². The van der Waals surface area contributed by atoms with Gasteiger partial charge in [0.05, 0.1) is 11.1 Å². The van der Waals surface area contributed by atoms with Crippen LogP contribution in [-0.4, -0.2) is 25.0 Å². The highest BCUT2D eigenvalue weighted by Gasteiger charge is 2.25. The van der Waals surface area contributed by atoms with Crippen LogP contribution in [0.3, 0.4) is 0 Å². The molecule has 0 fully saturated rings. The first-order valence-corrected chi connectivity index (χ1v) is 5.23. The zero-order valence-corrected chi connectivity index (χ0v) is 9.45. The van der Waals surface area contributed by atoms with Gasteiger partial charge in [-0.1, -0.05) is 12.1 Å². The van der Waals surface area contributed by atoms with Gasteiger partial charge in [-0.05, 0) is 26.0 Å². The molecule has 0 bridgehead atoms. The molecule has 0 atom stereocenters. The van der Waals surface area contributed by atoms with Crippen molar-refractivity contribution in [1.29, 1.82) is 0 Å². The number of amides is 2. The Balaban J connectivity index is 0.000000221. The lowest BCUT2D eigenvalue weighted by molar-refractivity contribution is 0.0879. The average Bonchev–Trinajstić information content (AvgIpc) is 2.58. The van der Waals surface area contributed by atoms with Gasteiger partial charge >= 0.3 is 0 Å². The SMILES string of the molecule is CCOCC.O=C1NC(=O)c2ccccc21. The van der Waals surface area contributed by atoms with E-state index in [2.05, 4.69) is 5.32 Å². The summed E-state index contributed by atoms with van der Waals surface area (Å²) in [6, 6.07) is 6.74. The summed E-state index contributed by atoms with van der Waals surface area (Å²) in [7, 11) is 0. The maximum atomic E-state index is 10.9. The maximum Gasteiger partial charge on any atom is 0.258 e. The Kier molecular flexibility index (Phi) is 4.66. The van der Waals surface area contributed by atoms with Crippen LogP contribution in [0.15, 0.2) is 24.3 Å². The lowest BCUT2D eigenvalue weighted by Crippen LogP contribution is -2.19. The van der Waals surface area contributed by atoms with Crippen LogP contribution < -0.4 is 5.32 Å². The summed E-state index contributed by atoms with van der Waals surface area (Å²) in [6.07, 6.45) is 0. The molecule has 0 saturated carbocycles. The van der Waals surface area contributed by atoms with Crippen LogP contribution in [0.4, 0.5) is 0 Å². The molecule has 2 amide bonds. The van der Waals surface area contributed by atoms with E-state index in [9.17, 15) is 9.59 Å². The zero-order chi connectivity index (χ0) is 12.0. The van der Waals surface area contributed by atoms with Gasteiger partial charge in [0.1, 0.15) is 0 Å². The summed E-state index contributed by atoms with van der Waals surface area (Å²) in [5.41, 5.74) is 0.940. The van der Waals surface area contributed by atoms with Crippen LogP contribution >= 0.6 is 0 Å². The van der Waals surface area contributed by atoms with Crippen molar-refractivity contribution < 1.29 is 14.3 Å². The number of hydrogen-bond donors (Lipinski definition) is 1. The second kappa shape index (κ2) is 6.02. The monoisotopic (exact) mass is 221 g/mol. The van der Waals surface area contributed by atoms with Gasteiger partial charge in [-0.3, -0.25) is 14.9 Å². The van der Waals surface area contributed by atoms with Crippen LogP contribution in [0, 0.1) is 0 Å². The molecule has 1 heterocycles. The first-order valence-electron chi connectivity index (χ1n) is 5.23. The van der Waals surface area contributed by atoms with Gasteiger partial charge in [-0.25, -0.2) is 0 Å². The normalized spacial score (nSPS) is 12.6. The van der Waals surface area contributed by atoms with Crippen LogP contribution in [0.2, 0.25) is 0 Å². The predicted octanol–water partition coefficient (Wildman–Crippen LogP) is 1.61. The molecular weight excluding hydrogens is 206 g/mol. The van der Waals surface area contributed by atoms with Crippen molar-refractivity contribution in [2.45, 2.75) is 13.8 Å². The van der Waals surface area contributed by atoms with Gasteiger partial charge < -0.3 is 4.74 Å². The first kappa shape index (κ1) is 12.4. The number of imide groups is 1. The Labute approximate surface area is 94.6 Å². The smallest absolute Gasteiger partial charge is 0.258 e. The second-order valence-electron chi connectivity index (χ2n) is 3.11. The molecule has 4 heteroatoms. The zero-order valence-electron chi connectivity index (χ0n) is 9.45. The summed E-state index contributed by atoms with van der Waals surface area (Å²) in [4.78, 5) is 21.9. The molecule has 0 aromatic heterocycles. The highest BCUT2D eigenvalue weighted by Crippen LogP contribution is 2.13. The van der Waals surface area contributed by atoms with Crippen LogP contribution in [0.25, 0.3) is 0 Å². The fraction of sp³-hybridized carbons (Fsp3) is 0.333. The van der Waals surface area contributed by atoms with Crippen molar-refractivity contribution in [2.75, 3.05) is 13.2 Å². The summed E-state index contributed by atoms with van der Waals surface area (Å²) < 4.78 is 4.83. The number of rotatable bonds is 2. The lowest BCUT2D eigenvalue weighted by atomic mass is 10.1. The molecule has 1 aromatic carbocycles. The number of ether oxygens (including phenoxy) is 1. The van der Waals surface area contributed by atoms with E-state index in [0.29, 0.717) is 11.1 Å². The van der Waals surface area contributed by atoms with Gasteiger partial charge in [-0.2, -0.15) is 0 Å². The van der Waals surface area contributed by atoms with Crippen LogP contribution in [0.5, 0.6) is 0 Å². The first-order chi connectivity index (χ1) is 7.70. The number of hydrogen-bond acceptors (Lipinski definition) is 3. The van der Waals surface area contributed by atoms with Crippen LogP contribution in [-0.2, 0) is 4.74 Å². The molecule has 1 aliphatic rings. The average molecular weight is 221 g/mol. The molecule has 1 N–H and O–H groups in total. The molecule has 4 nitrogen and oxygen atoms in total. The topological polar surface area (TPSA) is 55.4 Å². The number of carbonyl (C=O) groups excluding carboxylic acids is 2. The molecule has 0 saturated heterocycles. The lowest BCUT2D eigenvalue weighted by Gasteiger charge is -1.88. The predicted molar refractivity (Wildman–Crippen MR) is 60.4 cm³/mol. The maximum absolute atomic E-state index is 10.9. The van der Waals surface area contributed by atoms with Gasteiger partial charge in [0, 0.05) is 13.2 Å². The van der Waals surface area contributed by atoms with E-state index in [1.807, 2.05) is 13.8 Å². The molecule has 1 aliphatic heterocycles. The van der Waals surface area contributed by atoms with Crippen molar-refractivity contribution >= 4 is 11.8 Å². The van der Waals surface area contributed by atoms with E-state index >= 15 is 0 Å². The molecule has 0 unspecified atom stereocenters. The Bertz CT molecular complexity index is 353. The third-order valence-electron chi connectivity index (χ3n) is 2.05. The molecule has 2 rings (SSSR count). The Morgan fingerprint density at radius 1 is 1.00 bits per heavy atom. The highest BCUT2D eigenvalue weighted by molar-refractivity contribution is 6.21. The van der Waals surface area contributed by atoms with E-state index < -0.39 is 0 Å². The molecule has 0 aliphatic carbocycles. The molecule has 16 heavy (non-hydrogen) atoms. The number of nitrogens with one attached hydrogen (secondary N) is 1. The van der Waals surface area contributed by atoms with E-state index in [4.69, 9.17) is 4.74 Å². The molecule has 0 spiro atoms. The van der Waals surface area contributed by atoms with Crippen molar-refractivity contribution in [3.8, 4) is 0 Å². The van der Waals surface area contributed by atoms with Gasteiger partial charge in [-0.15, -0.1) is 0 Å². The Morgan fingerprint density at radius 3 is 1.75 bits per heavy atom. The quantitative estimate of drug-likeness (QED) is 0.772. The number of fused-ring (bicyclic) bond motifs is 1. The Morgan fingerprint density at radius 2 is 1.44 bits per heavy atom. The third-order valence-corrected chi connectivity index (χ3v) is 2.05. The van der Waals surface area contributed by atoms with Crippen LogP contribution in [0.1, 0.15) is 34.6 Å². The van der Waals surface area contributed by atoms with E-state index in [1.54, 1.807) is 24.3 Å². The van der Waals surface area contributed by atoms with Crippen molar-refractivity contribution in [3.63, 3.8) is 0 Å². The summed E-state index contributed by atoms with van der Waals surface area (Å²) in [5.74, 6) is -0.601. The van der Waals surface area contributed by atoms with Gasteiger partial charge in [0.25, 0.3) is 11.8 Å². The summed E-state index contributed by atoms with van der Waals surface area (Å²) in [6.45, 7) is 5.67. The minimum absolute atomic E-state index is 0.300. The highest BCUT2D eigenvalue weighted by atomic mass is 16.5. The second-order valence-corrected chi connectivity index (χ2v) is 3.11. The number of carbonyl (C=O) groups is 2. The van der Waals surface area contributed by atoms with Gasteiger partial charge in [0.15, 0.2) is 0 Å². The van der Waals surface area contributed by atoms with Crippen molar-refractivity contribution in [2.24, 2.45) is 0 Å². The van der Waals surface area contributed by atoms with E-state index in [0.717, 1.165) is 13.2 Å². The number of benzene rings is 1. The summed E-state index contributed by atoms with van der Waals surface area (Å²) in [5, 5.41) is 2.20. The third kappa shape index (κ3) is 2.90. The summed E-state index contributed by atoms with van der Waals surface area (Å²) >= 11 is 0. The molecular formula is C12H15NO3. The molecule has 86 valence electrons.